The predicted octanol–water partition coefficient (Wildman–Crippen LogP) is 2.83. The third-order valence-corrected chi connectivity index (χ3v) is 3.06. The van der Waals surface area contributed by atoms with Gasteiger partial charge in [0.1, 0.15) is 12.4 Å². The number of rotatable bonds is 6. The minimum absolute atomic E-state index is 0.177. The van der Waals surface area contributed by atoms with Gasteiger partial charge in [-0.1, -0.05) is 17.3 Å². The molecule has 1 aromatic carbocycles. The fourth-order valence-corrected chi connectivity index (χ4v) is 2.05. The Balaban J connectivity index is 1.88. The normalized spacial score (nSPS) is 16.1. The summed E-state index contributed by atoms with van der Waals surface area (Å²) in [6.07, 6.45) is 3.22. The fourth-order valence-electron chi connectivity index (χ4n) is 2.05. The van der Waals surface area contributed by atoms with E-state index in [1.54, 1.807) is 0 Å². The van der Waals surface area contributed by atoms with Gasteiger partial charge in [0.05, 0.1) is 12.3 Å². The number of fused-ring (bicyclic) bond motifs is 1. The molecule has 1 aromatic rings. The molecule has 2 rings (SSSR count). The molecule has 0 saturated carbocycles. The van der Waals surface area contributed by atoms with Crippen LogP contribution in [0, 0.1) is 0 Å². The van der Waals surface area contributed by atoms with Crippen molar-refractivity contribution in [3.63, 3.8) is 0 Å². The molecule has 1 aliphatic heterocycles. The SMILES string of the molecule is O=C(O)CCCCO/N=C1/CCCOc2ccccc21. The van der Waals surface area contributed by atoms with Gasteiger partial charge in [-0.3, -0.25) is 4.79 Å². The summed E-state index contributed by atoms with van der Waals surface area (Å²) < 4.78 is 5.65. The minimum Gasteiger partial charge on any atom is -0.493 e. The van der Waals surface area contributed by atoms with Crippen molar-refractivity contribution in [2.75, 3.05) is 13.2 Å². The molecule has 0 aromatic heterocycles. The molecule has 20 heavy (non-hydrogen) atoms. The first-order valence-electron chi connectivity index (χ1n) is 6.90. The zero-order valence-corrected chi connectivity index (χ0v) is 11.4. The highest BCUT2D eigenvalue weighted by atomic mass is 16.6. The van der Waals surface area contributed by atoms with Crippen molar-refractivity contribution >= 4 is 11.7 Å². The number of ether oxygens (including phenoxy) is 1. The minimum atomic E-state index is -0.772. The van der Waals surface area contributed by atoms with Crippen molar-refractivity contribution in [3.05, 3.63) is 29.8 Å². The number of carbonyl (C=O) groups is 1. The summed E-state index contributed by atoms with van der Waals surface area (Å²) in [5, 5.41) is 12.7. The Bertz CT molecular complexity index is 485. The monoisotopic (exact) mass is 277 g/mol. The first-order chi connectivity index (χ1) is 9.77. The van der Waals surface area contributed by atoms with Gasteiger partial charge in [0.25, 0.3) is 0 Å². The maximum absolute atomic E-state index is 10.4. The standard InChI is InChI=1S/C15H19NO4/c17-15(18)9-3-4-11-20-16-13-7-5-10-19-14-8-2-1-6-12(13)14/h1-2,6,8H,3-5,7,9-11H2,(H,17,18)/b16-13-. The number of carboxylic acids is 1. The Morgan fingerprint density at radius 3 is 3.05 bits per heavy atom. The molecular formula is C15H19NO4. The quantitative estimate of drug-likeness (QED) is 0.641. The molecule has 0 spiro atoms. The van der Waals surface area contributed by atoms with Crippen LogP contribution in [0.5, 0.6) is 5.75 Å². The first-order valence-corrected chi connectivity index (χ1v) is 6.90. The van der Waals surface area contributed by atoms with E-state index in [4.69, 9.17) is 14.7 Å². The molecule has 5 nitrogen and oxygen atoms in total. The van der Waals surface area contributed by atoms with E-state index in [0.29, 0.717) is 26.1 Å². The maximum atomic E-state index is 10.4. The highest BCUT2D eigenvalue weighted by Gasteiger charge is 2.14. The Morgan fingerprint density at radius 1 is 1.35 bits per heavy atom. The van der Waals surface area contributed by atoms with Crippen LogP contribution in [0.4, 0.5) is 0 Å². The highest BCUT2D eigenvalue weighted by molar-refractivity contribution is 6.02. The lowest BCUT2D eigenvalue weighted by Crippen LogP contribution is -2.02. The lowest BCUT2D eigenvalue weighted by molar-refractivity contribution is -0.137. The van der Waals surface area contributed by atoms with Gasteiger partial charge < -0.3 is 14.7 Å². The number of hydrogen-bond donors (Lipinski definition) is 1. The topological polar surface area (TPSA) is 68.1 Å². The van der Waals surface area contributed by atoms with Crippen molar-refractivity contribution in [1.29, 1.82) is 0 Å². The summed E-state index contributed by atoms with van der Waals surface area (Å²) in [4.78, 5) is 15.7. The van der Waals surface area contributed by atoms with Gasteiger partial charge in [0.15, 0.2) is 0 Å². The van der Waals surface area contributed by atoms with Crippen molar-refractivity contribution < 1.29 is 19.5 Å². The average molecular weight is 277 g/mol. The van der Waals surface area contributed by atoms with Gasteiger partial charge in [0.2, 0.25) is 0 Å². The Kier molecular flexibility index (Phi) is 5.41. The van der Waals surface area contributed by atoms with Gasteiger partial charge in [-0.05, 0) is 37.8 Å². The zero-order chi connectivity index (χ0) is 14.2. The number of oxime groups is 1. The van der Waals surface area contributed by atoms with Crippen LogP contribution in [-0.2, 0) is 9.63 Å². The summed E-state index contributed by atoms with van der Waals surface area (Å²) in [5.74, 6) is 0.0735. The predicted molar refractivity (Wildman–Crippen MR) is 75.1 cm³/mol. The summed E-state index contributed by atoms with van der Waals surface area (Å²) >= 11 is 0. The van der Waals surface area contributed by atoms with Crippen LogP contribution in [0.2, 0.25) is 0 Å². The molecule has 108 valence electrons. The van der Waals surface area contributed by atoms with Crippen LogP contribution in [0.3, 0.4) is 0 Å². The number of benzene rings is 1. The first kappa shape index (κ1) is 14.4. The lowest BCUT2D eigenvalue weighted by Gasteiger charge is -2.07. The zero-order valence-electron chi connectivity index (χ0n) is 11.4. The second-order valence-electron chi connectivity index (χ2n) is 4.67. The molecule has 0 saturated heterocycles. The van der Waals surface area contributed by atoms with E-state index in [2.05, 4.69) is 5.16 Å². The molecule has 0 aliphatic carbocycles. The summed E-state index contributed by atoms with van der Waals surface area (Å²) in [7, 11) is 0. The molecule has 0 atom stereocenters. The number of nitrogens with zero attached hydrogens (tertiary/aromatic N) is 1. The van der Waals surface area contributed by atoms with Gasteiger partial charge in [0, 0.05) is 12.0 Å². The lowest BCUT2D eigenvalue weighted by atomic mass is 10.1. The number of aliphatic carboxylic acids is 1. The summed E-state index contributed by atoms with van der Waals surface area (Å²) in [6.45, 7) is 1.13. The number of para-hydroxylation sites is 1. The van der Waals surface area contributed by atoms with Crippen LogP contribution in [0.1, 0.15) is 37.7 Å². The summed E-state index contributed by atoms with van der Waals surface area (Å²) in [5.41, 5.74) is 1.88. The maximum Gasteiger partial charge on any atom is 0.303 e. The van der Waals surface area contributed by atoms with E-state index in [1.807, 2.05) is 24.3 Å². The van der Waals surface area contributed by atoms with Crippen molar-refractivity contribution in [2.24, 2.45) is 5.16 Å². The molecule has 0 fully saturated rings. The van der Waals surface area contributed by atoms with E-state index in [0.717, 1.165) is 29.9 Å². The fraction of sp³-hybridized carbons (Fsp3) is 0.467. The van der Waals surface area contributed by atoms with E-state index in [-0.39, 0.29) is 6.42 Å². The van der Waals surface area contributed by atoms with Crippen molar-refractivity contribution in [3.8, 4) is 5.75 Å². The molecule has 0 amide bonds. The van der Waals surface area contributed by atoms with Crippen LogP contribution < -0.4 is 4.74 Å². The molecule has 5 heteroatoms. The van der Waals surface area contributed by atoms with Gasteiger partial charge in [-0.25, -0.2) is 0 Å². The number of hydrogen-bond acceptors (Lipinski definition) is 4. The second kappa shape index (κ2) is 7.53. The van der Waals surface area contributed by atoms with Gasteiger partial charge >= 0.3 is 5.97 Å². The third-order valence-electron chi connectivity index (χ3n) is 3.06. The van der Waals surface area contributed by atoms with Crippen LogP contribution >= 0.6 is 0 Å². The Hall–Kier alpha value is -2.04. The highest BCUT2D eigenvalue weighted by Crippen LogP contribution is 2.24. The van der Waals surface area contributed by atoms with E-state index in [9.17, 15) is 4.79 Å². The smallest absolute Gasteiger partial charge is 0.303 e. The summed E-state index contributed by atoms with van der Waals surface area (Å²) in [6, 6.07) is 7.81. The Morgan fingerprint density at radius 2 is 2.20 bits per heavy atom. The van der Waals surface area contributed by atoms with Crippen LogP contribution in [0.15, 0.2) is 29.4 Å². The van der Waals surface area contributed by atoms with E-state index in [1.165, 1.54) is 0 Å². The van der Waals surface area contributed by atoms with Crippen molar-refractivity contribution in [2.45, 2.75) is 32.1 Å². The van der Waals surface area contributed by atoms with Crippen molar-refractivity contribution in [1.82, 2.24) is 0 Å². The largest absolute Gasteiger partial charge is 0.493 e. The molecule has 0 bridgehead atoms. The van der Waals surface area contributed by atoms with Gasteiger partial charge in [-0.15, -0.1) is 0 Å². The molecule has 0 radical (unpaired) electrons. The average Bonchev–Trinajstić information content (AvgIpc) is 2.65. The molecule has 0 unspecified atom stereocenters. The van der Waals surface area contributed by atoms with Gasteiger partial charge in [-0.2, -0.15) is 0 Å². The third kappa shape index (κ3) is 4.26. The molecule has 1 aliphatic rings. The Labute approximate surface area is 118 Å². The number of unbranched alkanes of at least 4 members (excludes halogenated alkanes) is 1. The van der Waals surface area contributed by atoms with Crippen LogP contribution in [0.25, 0.3) is 0 Å². The molecular weight excluding hydrogens is 258 g/mol. The van der Waals surface area contributed by atoms with E-state index >= 15 is 0 Å². The molecule has 1 N–H and O–H groups in total. The van der Waals surface area contributed by atoms with Crippen LogP contribution in [-0.4, -0.2) is 30.0 Å². The molecule has 1 heterocycles. The van der Waals surface area contributed by atoms with E-state index < -0.39 is 5.97 Å². The number of carboxylic acid groups (broad SMARTS) is 1. The second-order valence-corrected chi connectivity index (χ2v) is 4.67.